The lowest BCUT2D eigenvalue weighted by Crippen LogP contribution is -2.53. The van der Waals surface area contributed by atoms with Crippen molar-refractivity contribution in [3.63, 3.8) is 0 Å². The van der Waals surface area contributed by atoms with Gasteiger partial charge in [0.2, 0.25) is 0 Å². The topological polar surface area (TPSA) is 79.8 Å². The van der Waals surface area contributed by atoms with Crippen LogP contribution in [0.15, 0.2) is 41.5 Å². The van der Waals surface area contributed by atoms with E-state index in [1.807, 2.05) is 38.4 Å². The van der Waals surface area contributed by atoms with Crippen molar-refractivity contribution in [1.29, 1.82) is 0 Å². The molecule has 0 atom stereocenters. The molecule has 4 aromatic rings. The summed E-state index contributed by atoms with van der Waals surface area (Å²) in [5, 5.41) is 8.12. The molecule has 8 nitrogen and oxygen atoms in total. The van der Waals surface area contributed by atoms with Crippen LogP contribution in [0.2, 0.25) is 0 Å². The molecule has 2 aliphatic rings. The van der Waals surface area contributed by atoms with Gasteiger partial charge in [-0.05, 0) is 50.5 Å². The first-order valence-electron chi connectivity index (χ1n) is 10.4. The van der Waals surface area contributed by atoms with E-state index in [1.54, 1.807) is 15.0 Å². The molecular formula is C22H23N7O. The predicted molar refractivity (Wildman–Crippen MR) is 115 cm³/mol. The maximum atomic E-state index is 13.0. The molecule has 1 saturated carbocycles. The third kappa shape index (κ3) is 2.64. The maximum absolute atomic E-state index is 13.0. The minimum atomic E-state index is -0.0989. The molecular weight excluding hydrogens is 378 g/mol. The van der Waals surface area contributed by atoms with Crippen molar-refractivity contribution in [3.05, 3.63) is 58.3 Å². The number of pyridine rings is 1. The van der Waals surface area contributed by atoms with Gasteiger partial charge < -0.3 is 10.2 Å². The van der Waals surface area contributed by atoms with Crippen molar-refractivity contribution in [3.8, 4) is 11.4 Å². The van der Waals surface area contributed by atoms with Gasteiger partial charge in [0.05, 0.1) is 28.8 Å². The van der Waals surface area contributed by atoms with Crippen molar-refractivity contribution < 1.29 is 0 Å². The minimum Gasteiger partial charge on any atom is -0.362 e. The number of rotatable bonds is 2. The first kappa shape index (κ1) is 17.6. The molecule has 1 N–H and O–H groups in total. The van der Waals surface area contributed by atoms with Crippen LogP contribution in [-0.2, 0) is 0 Å². The highest BCUT2D eigenvalue weighted by atomic mass is 16.1. The van der Waals surface area contributed by atoms with Gasteiger partial charge in [0.25, 0.3) is 5.56 Å². The Balaban J connectivity index is 1.45. The summed E-state index contributed by atoms with van der Waals surface area (Å²) >= 11 is 0. The lowest BCUT2D eigenvalue weighted by molar-refractivity contribution is 0.463. The van der Waals surface area contributed by atoms with Gasteiger partial charge in [-0.2, -0.15) is 5.10 Å². The van der Waals surface area contributed by atoms with Crippen LogP contribution in [0.25, 0.3) is 22.7 Å². The number of hydrogen-bond acceptors (Lipinski definition) is 6. The van der Waals surface area contributed by atoms with E-state index in [0.29, 0.717) is 17.0 Å². The molecule has 6 rings (SSSR count). The number of anilines is 1. The van der Waals surface area contributed by atoms with E-state index in [9.17, 15) is 4.79 Å². The molecule has 5 heterocycles. The summed E-state index contributed by atoms with van der Waals surface area (Å²) in [4.78, 5) is 24.7. The van der Waals surface area contributed by atoms with E-state index in [-0.39, 0.29) is 11.1 Å². The average molecular weight is 401 g/mol. The van der Waals surface area contributed by atoms with E-state index < -0.39 is 0 Å². The number of hydrogen-bond donors (Lipinski definition) is 1. The fraction of sp³-hybridized carbons (Fsp3) is 0.364. The van der Waals surface area contributed by atoms with Gasteiger partial charge >= 0.3 is 0 Å². The Morgan fingerprint density at radius 2 is 1.93 bits per heavy atom. The summed E-state index contributed by atoms with van der Waals surface area (Å²) in [6.07, 6.45) is 6.21. The first-order valence-corrected chi connectivity index (χ1v) is 10.4. The van der Waals surface area contributed by atoms with Crippen molar-refractivity contribution in [2.24, 2.45) is 0 Å². The first-order chi connectivity index (χ1) is 14.5. The van der Waals surface area contributed by atoms with Crippen molar-refractivity contribution in [2.75, 3.05) is 24.5 Å². The quantitative estimate of drug-likeness (QED) is 0.553. The standard InChI is InChI=1S/C22H23N7O/c1-14-9-18(26-29-11-15(2)24-21(14)29)17-10-20(30)27-12-16(3-4-19(27)25-17)28-8-7-23-13-22(28)5-6-22/h3-4,9-12,23H,5-8,13H2,1-2H3. The van der Waals surface area contributed by atoms with E-state index in [4.69, 9.17) is 4.98 Å². The van der Waals surface area contributed by atoms with Gasteiger partial charge in [-0.25, -0.2) is 14.5 Å². The third-order valence-corrected chi connectivity index (χ3v) is 6.31. The lowest BCUT2D eigenvalue weighted by atomic mass is 10.1. The number of fused-ring (bicyclic) bond motifs is 2. The van der Waals surface area contributed by atoms with Crippen molar-refractivity contribution in [2.45, 2.75) is 32.2 Å². The summed E-state index contributed by atoms with van der Waals surface area (Å²) in [5.41, 5.74) is 5.81. The molecule has 8 heteroatoms. The van der Waals surface area contributed by atoms with Gasteiger partial charge in [0.15, 0.2) is 5.65 Å². The van der Waals surface area contributed by atoms with Crippen LogP contribution in [0.4, 0.5) is 5.69 Å². The molecule has 152 valence electrons. The van der Waals surface area contributed by atoms with Gasteiger partial charge in [0, 0.05) is 31.9 Å². The van der Waals surface area contributed by atoms with E-state index >= 15 is 0 Å². The Morgan fingerprint density at radius 3 is 2.77 bits per heavy atom. The van der Waals surface area contributed by atoms with Crippen LogP contribution in [0.1, 0.15) is 24.1 Å². The van der Waals surface area contributed by atoms with Gasteiger partial charge in [-0.3, -0.25) is 9.20 Å². The average Bonchev–Trinajstić information content (AvgIpc) is 3.38. The van der Waals surface area contributed by atoms with Gasteiger partial charge in [0.1, 0.15) is 11.3 Å². The van der Waals surface area contributed by atoms with Crippen LogP contribution in [0, 0.1) is 13.8 Å². The van der Waals surface area contributed by atoms with Crippen LogP contribution in [0.3, 0.4) is 0 Å². The molecule has 2 fully saturated rings. The zero-order valence-electron chi connectivity index (χ0n) is 17.1. The Morgan fingerprint density at radius 1 is 1.07 bits per heavy atom. The SMILES string of the molecule is Cc1cn2nc(-c3cc(=O)n4cc(N5CCNCC56CC6)ccc4n3)cc(C)c2n1. The van der Waals surface area contributed by atoms with Crippen molar-refractivity contribution in [1.82, 2.24) is 29.3 Å². The molecule has 1 aliphatic carbocycles. The number of aryl methyl sites for hydroxylation is 2. The molecule has 1 spiro atoms. The van der Waals surface area contributed by atoms with Gasteiger partial charge in [-0.15, -0.1) is 0 Å². The number of imidazole rings is 1. The Bertz CT molecular complexity index is 1370. The summed E-state index contributed by atoms with van der Waals surface area (Å²) in [6, 6.07) is 7.52. The molecule has 1 saturated heterocycles. The molecule has 4 aromatic heterocycles. The van der Waals surface area contributed by atoms with E-state index in [1.165, 1.54) is 12.8 Å². The largest absolute Gasteiger partial charge is 0.362 e. The smallest absolute Gasteiger partial charge is 0.258 e. The Hall–Kier alpha value is -3.26. The van der Waals surface area contributed by atoms with E-state index in [0.717, 1.165) is 42.2 Å². The second kappa shape index (κ2) is 6.12. The monoisotopic (exact) mass is 401 g/mol. The van der Waals surface area contributed by atoms with Crippen LogP contribution in [0.5, 0.6) is 0 Å². The number of aromatic nitrogens is 5. The Kier molecular flexibility index (Phi) is 3.59. The second-order valence-electron chi connectivity index (χ2n) is 8.51. The summed E-state index contributed by atoms with van der Waals surface area (Å²) < 4.78 is 3.40. The van der Waals surface area contributed by atoms with Crippen molar-refractivity contribution >= 4 is 17.0 Å². The lowest BCUT2D eigenvalue weighted by Gasteiger charge is -2.38. The molecule has 1 aliphatic heterocycles. The normalized spacial score (nSPS) is 17.9. The summed E-state index contributed by atoms with van der Waals surface area (Å²) in [7, 11) is 0. The molecule has 0 amide bonds. The summed E-state index contributed by atoms with van der Waals surface area (Å²) in [5.74, 6) is 0. The molecule has 0 bridgehead atoms. The van der Waals surface area contributed by atoms with Gasteiger partial charge in [-0.1, -0.05) is 0 Å². The molecule has 0 unspecified atom stereocenters. The highest BCUT2D eigenvalue weighted by molar-refractivity contribution is 5.63. The fourth-order valence-corrected chi connectivity index (χ4v) is 4.59. The molecule has 0 aromatic carbocycles. The zero-order chi connectivity index (χ0) is 20.5. The number of nitrogens with zero attached hydrogens (tertiary/aromatic N) is 6. The van der Waals surface area contributed by atoms with E-state index in [2.05, 4.69) is 26.4 Å². The second-order valence-corrected chi connectivity index (χ2v) is 8.51. The minimum absolute atomic E-state index is 0.0989. The highest BCUT2D eigenvalue weighted by Crippen LogP contribution is 2.44. The van der Waals surface area contributed by atoms with Crippen LogP contribution < -0.4 is 15.8 Å². The number of nitrogens with one attached hydrogen (secondary N) is 1. The highest BCUT2D eigenvalue weighted by Gasteiger charge is 2.49. The Labute approximate surface area is 173 Å². The molecule has 30 heavy (non-hydrogen) atoms. The number of piperazine rings is 1. The summed E-state index contributed by atoms with van der Waals surface area (Å²) in [6.45, 7) is 6.87. The predicted octanol–water partition coefficient (Wildman–Crippen LogP) is 1.96. The fourth-order valence-electron chi connectivity index (χ4n) is 4.59. The zero-order valence-corrected chi connectivity index (χ0v) is 17.1. The molecule has 0 radical (unpaired) electrons. The van der Waals surface area contributed by atoms with Crippen LogP contribution in [-0.4, -0.2) is 49.2 Å². The third-order valence-electron chi connectivity index (χ3n) is 6.31. The maximum Gasteiger partial charge on any atom is 0.258 e. The van der Waals surface area contributed by atoms with Crippen LogP contribution >= 0.6 is 0 Å².